The average Bonchev–Trinajstić information content (AvgIpc) is 3.07. The molecule has 0 atom stereocenters. The molecule has 0 aliphatic rings. The number of nitrogens with zero attached hydrogens (tertiary/aromatic N) is 2. The summed E-state index contributed by atoms with van der Waals surface area (Å²) in [5, 5.41) is 3.60. The summed E-state index contributed by atoms with van der Waals surface area (Å²) in [7, 11) is 0. The fourth-order valence-corrected chi connectivity index (χ4v) is 2.86. The largest absolute Gasteiger partial charge is 0.484 e. The molecule has 0 fully saturated rings. The smallest absolute Gasteiger partial charge is 0.336 e. The van der Waals surface area contributed by atoms with Gasteiger partial charge in [-0.2, -0.15) is 0 Å². The van der Waals surface area contributed by atoms with Gasteiger partial charge in [0.1, 0.15) is 17.0 Å². The number of ether oxygens (including phenoxy) is 1. The van der Waals surface area contributed by atoms with Crippen LogP contribution in [-0.2, 0) is 11.3 Å². The third kappa shape index (κ3) is 3.67. The number of aromatic nitrogens is 2. The van der Waals surface area contributed by atoms with Gasteiger partial charge in [0.2, 0.25) is 0 Å². The Hall–Kier alpha value is -3.61. The van der Waals surface area contributed by atoms with Crippen molar-refractivity contribution in [2.24, 2.45) is 0 Å². The highest BCUT2D eigenvalue weighted by Crippen LogP contribution is 2.22. The van der Waals surface area contributed by atoms with Crippen LogP contribution in [0.1, 0.15) is 11.3 Å². The van der Waals surface area contributed by atoms with Crippen molar-refractivity contribution in [1.82, 2.24) is 14.7 Å². The number of hydrogen-bond acceptors (Lipinski definition) is 5. The van der Waals surface area contributed by atoms with Crippen molar-refractivity contribution in [2.75, 3.05) is 6.61 Å². The summed E-state index contributed by atoms with van der Waals surface area (Å²) in [5.41, 5.74) is 2.44. The average molecular weight is 363 g/mol. The molecule has 1 amide bonds. The first-order valence-electron chi connectivity index (χ1n) is 8.45. The summed E-state index contributed by atoms with van der Waals surface area (Å²) in [5.74, 6) is 0.192. The first-order chi connectivity index (χ1) is 13.1. The lowest BCUT2D eigenvalue weighted by atomic mass is 10.1. The van der Waals surface area contributed by atoms with E-state index in [1.54, 1.807) is 18.2 Å². The zero-order chi connectivity index (χ0) is 18.8. The maximum absolute atomic E-state index is 12.0. The number of fused-ring (bicyclic) bond motifs is 2. The minimum atomic E-state index is -0.414. The topological polar surface area (TPSA) is 85.8 Å². The quantitative estimate of drug-likeness (QED) is 0.551. The number of benzene rings is 1. The van der Waals surface area contributed by atoms with Crippen LogP contribution in [0, 0.1) is 6.92 Å². The first kappa shape index (κ1) is 16.8. The highest BCUT2D eigenvalue weighted by Gasteiger charge is 2.08. The molecule has 0 spiro atoms. The summed E-state index contributed by atoms with van der Waals surface area (Å²) >= 11 is 0. The monoisotopic (exact) mass is 363 g/mol. The van der Waals surface area contributed by atoms with Crippen LogP contribution in [0.25, 0.3) is 16.6 Å². The van der Waals surface area contributed by atoms with Crippen molar-refractivity contribution in [3.8, 4) is 5.75 Å². The predicted octanol–water partition coefficient (Wildman–Crippen LogP) is 2.44. The zero-order valence-corrected chi connectivity index (χ0v) is 14.6. The maximum atomic E-state index is 12.0. The summed E-state index contributed by atoms with van der Waals surface area (Å²) in [6, 6.07) is 12.3. The standard InChI is InChI=1S/C20H17N3O4/c1-13-8-20(25)27-17-9-15(5-6-16(13)17)26-12-19(24)21-10-14-11-23-7-3-2-4-18(23)22-14/h2-9,11H,10,12H2,1H3,(H,21,24). The van der Waals surface area contributed by atoms with Crippen LogP contribution in [0.5, 0.6) is 5.75 Å². The number of nitrogens with one attached hydrogen (secondary N) is 1. The maximum Gasteiger partial charge on any atom is 0.336 e. The summed E-state index contributed by atoms with van der Waals surface area (Å²) in [4.78, 5) is 27.9. The molecule has 1 aromatic carbocycles. The Morgan fingerprint density at radius 1 is 1.26 bits per heavy atom. The van der Waals surface area contributed by atoms with Crippen molar-refractivity contribution >= 4 is 22.5 Å². The molecule has 3 heterocycles. The van der Waals surface area contributed by atoms with Gasteiger partial charge in [0.15, 0.2) is 6.61 Å². The highest BCUT2D eigenvalue weighted by atomic mass is 16.5. The van der Waals surface area contributed by atoms with E-state index in [1.165, 1.54) is 6.07 Å². The number of hydrogen-bond donors (Lipinski definition) is 1. The van der Waals surface area contributed by atoms with Crippen molar-refractivity contribution in [3.05, 3.63) is 76.5 Å². The Kier molecular flexibility index (Phi) is 4.33. The zero-order valence-electron chi connectivity index (χ0n) is 14.6. The van der Waals surface area contributed by atoms with Gasteiger partial charge in [-0.25, -0.2) is 9.78 Å². The Labute approximate surface area is 154 Å². The molecular weight excluding hydrogens is 346 g/mol. The lowest BCUT2D eigenvalue weighted by Gasteiger charge is -2.08. The van der Waals surface area contributed by atoms with E-state index < -0.39 is 5.63 Å². The van der Waals surface area contributed by atoms with Gasteiger partial charge in [0.25, 0.3) is 5.91 Å². The van der Waals surface area contributed by atoms with E-state index in [0.29, 0.717) is 17.9 Å². The number of amides is 1. The molecule has 0 saturated carbocycles. The second-order valence-electron chi connectivity index (χ2n) is 6.17. The van der Waals surface area contributed by atoms with Crippen LogP contribution in [0.4, 0.5) is 0 Å². The Morgan fingerprint density at radius 3 is 3.00 bits per heavy atom. The van der Waals surface area contributed by atoms with E-state index >= 15 is 0 Å². The molecule has 0 aliphatic heterocycles. The van der Waals surface area contributed by atoms with Crippen molar-refractivity contribution in [1.29, 1.82) is 0 Å². The lowest BCUT2D eigenvalue weighted by Crippen LogP contribution is -2.28. The molecule has 1 N–H and O–H groups in total. The van der Waals surface area contributed by atoms with Gasteiger partial charge in [-0.15, -0.1) is 0 Å². The minimum Gasteiger partial charge on any atom is -0.484 e. The SMILES string of the molecule is Cc1cc(=O)oc2cc(OCC(=O)NCc3cn4ccccc4n3)ccc12. The molecule has 136 valence electrons. The van der Waals surface area contributed by atoms with E-state index in [2.05, 4.69) is 10.3 Å². The fourth-order valence-electron chi connectivity index (χ4n) is 2.86. The van der Waals surface area contributed by atoms with Gasteiger partial charge in [-0.1, -0.05) is 6.07 Å². The van der Waals surface area contributed by atoms with Gasteiger partial charge in [0.05, 0.1) is 12.2 Å². The van der Waals surface area contributed by atoms with E-state index in [-0.39, 0.29) is 12.5 Å². The van der Waals surface area contributed by atoms with Gasteiger partial charge in [0, 0.05) is 29.9 Å². The summed E-state index contributed by atoms with van der Waals surface area (Å²) < 4.78 is 12.6. The summed E-state index contributed by atoms with van der Waals surface area (Å²) in [6.45, 7) is 2.01. The number of imidazole rings is 1. The molecule has 0 aliphatic carbocycles. The highest BCUT2D eigenvalue weighted by molar-refractivity contribution is 5.81. The number of carbonyl (C=O) groups excluding carboxylic acids is 1. The first-order valence-corrected chi connectivity index (χ1v) is 8.45. The molecule has 7 heteroatoms. The van der Waals surface area contributed by atoms with E-state index in [9.17, 15) is 9.59 Å². The number of pyridine rings is 1. The van der Waals surface area contributed by atoms with Crippen molar-refractivity contribution < 1.29 is 13.9 Å². The van der Waals surface area contributed by atoms with Crippen LogP contribution in [-0.4, -0.2) is 21.9 Å². The second-order valence-corrected chi connectivity index (χ2v) is 6.17. The minimum absolute atomic E-state index is 0.144. The van der Waals surface area contributed by atoms with Crippen molar-refractivity contribution in [2.45, 2.75) is 13.5 Å². The van der Waals surface area contributed by atoms with E-state index in [1.807, 2.05) is 41.9 Å². The Morgan fingerprint density at radius 2 is 2.15 bits per heavy atom. The molecule has 0 bridgehead atoms. The van der Waals surface area contributed by atoms with Crippen LogP contribution in [0.2, 0.25) is 0 Å². The number of aryl methyl sites for hydroxylation is 1. The lowest BCUT2D eigenvalue weighted by molar-refractivity contribution is -0.123. The van der Waals surface area contributed by atoms with Gasteiger partial charge in [-0.05, 0) is 36.8 Å². The molecule has 3 aromatic heterocycles. The van der Waals surface area contributed by atoms with Crippen LogP contribution < -0.4 is 15.7 Å². The third-order valence-electron chi connectivity index (χ3n) is 4.17. The molecule has 4 rings (SSSR count). The van der Waals surface area contributed by atoms with Crippen LogP contribution in [0.3, 0.4) is 0 Å². The van der Waals surface area contributed by atoms with Gasteiger partial charge < -0.3 is 18.9 Å². The number of rotatable bonds is 5. The van der Waals surface area contributed by atoms with Gasteiger partial charge in [-0.3, -0.25) is 4.79 Å². The molecular formula is C20H17N3O4. The Bertz CT molecular complexity index is 1160. The fraction of sp³-hybridized carbons (Fsp3) is 0.150. The molecule has 0 radical (unpaired) electrons. The van der Waals surface area contributed by atoms with Crippen LogP contribution >= 0.6 is 0 Å². The van der Waals surface area contributed by atoms with Crippen molar-refractivity contribution in [3.63, 3.8) is 0 Å². The molecule has 7 nitrogen and oxygen atoms in total. The number of carbonyl (C=O) groups is 1. The normalized spacial score (nSPS) is 11.0. The molecule has 0 unspecified atom stereocenters. The summed E-state index contributed by atoms with van der Waals surface area (Å²) in [6.07, 6.45) is 3.76. The Balaban J connectivity index is 1.37. The third-order valence-corrected chi connectivity index (χ3v) is 4.17. The predicted molar refractivity (Wildman–Crippen MR) is 99.8 cm³/mol. The molecule has 27 heavy (non-hydrogen) atoms. The molecule has 4 aromatic rings. The molecule has 0 saturated heterocycles. The second kappa shape index (κ2) is 6.95. The van der Waals surface area contributed by atoms with E-state index in [0.717, 1.165) is 22.3 Å². The van der Waals surface area contributed by atoms with E-state index in [4.69, 9.17) is 9.15 Å². The van der Waals surface area contributed by atoms with Gasteiger partial charge >= 0.3 is 5.63 Å². The van der Waals surface area contributed by atoms with Crippen LogP contribution in [0.15, 0.2) is 64.1 Å².